The molecule has 0 aliphatic carbocycles. The molecule has 3 N–H and O–H groups in total. The number of para-hydroxylation sites is 1. The van der Waals surface area contributed by atoms with Gasteiger partial charge in [-0.25, -0.2) is 9.97 Å². The van der Waals surface area contributed by atoms with Crippen molar-refractivity contribution in [2.75, 3.05) is 41.3 Å². The van der Waals surface area contributed by atoms with Crippen molar-refractivity contribution < 1.29 is 9.72 Å². The van der Waals surface area contributed by atoms with Crippen LogP contribution in [0.4, 0.5) is 17.5 Å². The highest BCUT2D eigenvalue weighted by atomic mass is 16.5. The molecule has 8 nitrogen and oxygen atoms in total. The number of anilines is 3. The molecule has 2 aliphatic rings. The van der Waals surface area contributed by atoms with Crippen molar-refractivity contribution in [2.24, 2.45) is 0 Å². The van der Waals surface area contributed by atoms with Gasteiger partial charge >= 0.3 is 5.95 Å². The van der Waals surface area contributed by atoms with Crippen molar-refractivity contribution in [3.8, 4) is 11.5 Å². The summed E-state index contributed by atoms with van der Waals surface area (Å²) < 4.78 is 5.94. The van der Waals surface area contributed by atoms with Crippen LogP contribution >= 0.6 is 0 Å². The highest BCUT2D eigenvalue weighted by molar-refractivity contribution is 5.81. The molecule has 2 aliphatic heterocycles. The fraction of sp³-hybridized carbons (Fsp3) is 0.393. The van der Waals surface area contributed by atoms with E-state index in [1.54, 1.807) is 6.33 Å². The standard InChI is InChI=1S/C28H33N7O/c1-2-7-17-35(16-6-1)27-25-26(30-20-29-25)32-28(33-27)31-21-14-18-34(19-15-21)22-10-12-24(13-11-22)36-23-8-4-3-5-9-23/h3-5,8-13,20-21H,1-2,6-7,14-19H2,(H2,29,30,31,32,33)/p+1. The maximum Gasteiger partial charge on any atom is 0.347 e. The quantitative estimate of drug-likeness (QED) is 0.400. The Morgan fingerprint density at radius 1 is 0.833 bits per heavy atom. The first-order valence-electron chi connectivity index (χ1n) is 13.2. The molecule has 0 saturated carbocycles. The zero-order valence-electron chi connectivity index (χ0n) is 20.6. The van der Waals surface area contributed by atoms with Gasteiger partial charge in [-0.1, -0.05) is 36.0 Å². The predicted octanol–water partition coefficient (Wildman–Crippen LogP) is 5.03. The third-order valence-electron chi connectivity index (χ3n) is 7.25. The van der Waals surface area contributed by atoms with Crippen LogP contribution in [0.15, 0.2) is 60.9 Å². The lowest BCUT2D eigenvalue weighted by Gasteiger charge is -2.33. The number of nitrogens with one attached hydrogen (secondary N) is 3. The summed E-state index contributed by atoms with van der Waals surface area (Å²) in [5.74, 6) is 3.64. The van der Waals surface area contributed by atoms with Gasteiger partial charge in [0.2, 0.25) is 11.5 Å². The Balaban J connectivity index is 1.09. The predicted molar refractivity (Wildman–Crippen MR) is 143 cm³/mol. The summed E-state index contributed by atoms with van der Waals surface area (Å²) in [6, 6.07) is 18.7. The molecule has 0 spiro atoms. The molecule has 2 aromatic heterocycles. The van der Waals surface area contributed by atoms with Crippen LogP contribution in [-0.2, 0) is 0 Å². The molecule has 8 heteroatoms. The van der Waals surface area contributed by atoms with E-state index in [0.29, 0.717) is 6.04 Å². The first-order chi connectivity index (χ1) is 17.8. The van der Waals surface area contributed by atoms with Gasteiger partial charge in [0, 0.05) is 18.8 Å². The summed E-state index contributed by atoms with van der Waals surface area (Å²) in [6.07, 6.45) is 8.91. The van der Waals surface area contributed by atoms with Gasteiger partial charge in [-0.3, -0.25) is 5.32 Å². The minimum absolute atomic E-state index is 0.374. The lowest BCUT2D eigenvalue weighted by molar-refractivity contribution is -0.349. The van der Waals surface area contributed by atoms with E-state index in [4.69, 9.17) is 9.72 Å². The molecule has 36 heavy (non-hydrogen) atoms. The SMILES string of the molecule is c1ccc(Oc2ccc(N3CCC(Nc4nc5nc[nH]c5c(N5CCCCCC5)[nH+]4)CC3)cc2)cc1. The molecule has 0 bridgehead atoms. The van der Waals surface area contributed by atoms with E-state index in [9.17, 15) is 0 Å². The smallest absolute Gasteiger partial charge is 0.347 e. The fourth-order valence-corrected chi connectivity index (χ4v) is 5.28. The Hall–Kier alpha value is -3.81. The van der Waals surface area contributed by atoms with Crippen LogP contribution in [0, 0.1) is 0 Å². The minimum atomic E-state index is 0.374. The number of benzene rings is 2. The molecule has 4 aromatic rings. The van der Waals surface area contributed by atoms with Crippen LogP contribution in [0.1, 0.15) is 38.5 Å². The molecule has 2 fully saturated rings. The van der Waals surface area contributed by atoms with E-state index in [1.807, 2.05) is 30.3 Å². The van der Waals surface area contributed by atoms with Crippen molar-refractivity contribution in [3.05, 3.63) is 60.9 Å². The number of aromatic amines is 2. The van der Waals surface area contributed by atoms with Crippen LogP contribution in [0.3, 0.4) is 0 Å². The molecule has 0 amide bonds. The molecule has 4 heterocycles. The number of fused-ring (bicyclic) bond motifs is 1. The van der Waals surface area contributed by atoms with Crippen molar-refractivity contribution in [1.29, 1.82) is 0 Å². The summed E-state index contributed by atoms with van der Waals surface area (Å²) in [5.41, 5.74) is 3.00. The zero-order chi connectivity index (χ0) is 24.2. The van der Waals surface area contributed by atoms with Crippen molar-refractivity contribution in [1.82, 2.24) is 15.0 Å². The number of ether oxygens (including phenoxy) is 1. The largest absolute Gasteiger partial charge is 0.457 e. The summed E-state index contributed by atoms with van der Waals surface area (Å²) in [5, 5.41) is 3.67. The van der Waals surface area contributed by atoms with E-state index in [1.165, 1.54) is 31.4 Å². The van der Waals surface area contributed by atoms with Gasteiger partial charge in [-0.2, -0.15) is 0 Å². The van der Waals surface area contributed by atoms with Gasteiger partial charge in [0.1, 0.15) is 11.5 Å². The number of piperidine rings is 1. The minimum Gasteiger partial charge on any atom is -0.457 e. The average molecular weight is 485 g/mol. The number of aromatic nitrogens is 4. The summed E-state index contributed by atoms with van der Waals surface area (Å²) >= 11 is 0. The van der Waals surface area contributed by atoms with Crippen LogP contribution in [0.5, 0.6) is 11.5 Å². The summed E-state index contributed by atoms with van der Waals surface area (Å²) in [7, 11) is 0. The molecule has 2 aromatic carbocycles. The van der Waals surface area contributed by atoms with Crippen LogP contribution < -0.4 is 24.8 Å². The van der Waals surface area contributed by atoms with Crippen LogP contribution in [0.2, 0.25) is 0 Å². The third-order valence-corrected chi connectivity index (χ3v) is 7.25. The highest BCUT2D eigenvalue weighted by Gasteiger charge is 2.26. The lowest BCUT2D eigenvalue weighted by atomic mass is 10.0. The lowest BCUT2D eigenvalue weighted by Crippen LogP contribution is -2.41. The molecule has 0 unspecified atom stereocenters. The molecule has 2 saturated heterocycles. The van der Waals surface area contributed by atoms with Gasteiger partial charge < -0.3 is 19.5 Å². The normalized spacial score (nSPS) is 17.2. The van der Waals surface area contributed by atoms with Crippen molar-refractivity contribution in [2.45, 2.75) is 44.6 Å². The van der Waals surface area contributed by atoms with E-state index in [0.717, 1.165) is 73.4 Å². The molecular weight excluding hydrogens is 450 g/mol. The number of nitrogens with zero attached hydrogens (tertiary/aromatic N) is 4. The van der Waals surface area contributed by atoms with E-state index in [-0.39, 0.29) is 0 Å². The number of hydrogen-bond donors (Lipinski definition) is 2. The Morgan fingerprint density at radius 3 is 2.31 bits per heavy atom. The third kappa shape index (κ3) is 5.08. The maximum absolute atomic E-state index is 5.94. The Bertz CT molecular complexity index is 1260. The Morgan fingerprint density at radius 2 is 1.56 bits per heavy atom. The van der Waals surface area contributed by atoms with Gasteiger partial charge in [0.05, 0.1) is 25.5 Å². The van der Waals surface area contributed by atoms with Crippen LogP contribution in [-0.4, -0.2) is 47.2 Å². The summed E-state index contributed by atoms with van der Waals surface area (Å²) in [6.45, 7) is 4.14. The molecule has 0 radical (unpaired) electrons. The van der Waals surface area contributed by atoms with Gasteiger partial charge in [0.15, 0.2) is 5.52 Å². The maximum atomic E-state index is 5.94. The van der Waals surface area contributed by atoms with Crippen molar-refractivity contribution in [3.63, 3.8) is 0 Å². The number of imidazole rings is 1. The van der Waals surface area contributed by atoms with Gasteiger partial charge in [-0.15, -0.1) is 0 Å². The van der Waals surface area contributed by atoms with E-state index in [2.05, 4.69) is 54.3 Å². The molecule has 186 valence electrons. The molecule has 6 rings (SSSR count). The monoisotopic (exact) mass is 484 g/mol. The van der Waals surface area contributed by atoms with Gasteiger partial charge in [0.25, 0.3) is 0 Å². The fourth-order valence-electron chi connectivity index (χ4n) is 5.28. The van der Waals surface area contributed by atoms with Gasteiger partial charge in [-0.05, 0) is 62.1 Å². The number of rotatable bonds is 6. The second-order valence-electron chi connectivity index (χ2n) is 9.75. The Kier molecular flexibility index (Phi) is 6.56. The first-order valence-corrected chi connectivity index (χ1v) is 13.2. The topological polar surface area (TPSA) is 83.4 Å². The van der Waals surface area contributed by atoms with E-state index >= 15 is 0 Å². The second kappa shape index (κ2) is 10.4. The summed E-state index contributed by atoms with van der Waals surface area (Å²) in [4.78, 5) is 21.0. The number of H-pyrrole nitrogens is 2. The van der Waals surface area contributed by atoms with Crippen molar-refractivity contribution >= 4 is 28.6 Å². The second-order valence-corrected chi connectivity index (χ2v) is 9.75. The van der Waals surface area contributed by atoms with Crippen LogP contribution in [0.25, 0.3) is 11.2 Å². The number of hydrogen-bond acceptors (Lipinski definition) is 6. The highest BCUT2D eigenvalue weighted by Crippen LogP contribution is 2.27. The average Bonchev–Trinajstić information content (AvgIpc) is 3.23. The zero-order valence-corrected chi connectivity index (χ0v) is 20.6. The molecular formula is C28H34N7O+. The Labute approximate surface area is 211 Å². The first kappa shape index (κ1) is 22.6. The van der Waals surface area contributed by atoms with E-state index < -0.39 is 0 Å². The molecule has 0 atom stereocenters.